The van der Waals surface area contributed by atoms with E-state index in [4.69, 9.17) is 11.6 Å². The van der Waals surface area contributed by atoms with Gasteiger partial charge in [0.15, 0.2) is 11.6 Å². The van der Waals surface area contributed by atoms with Gasteiger partial charge in [0.1, 0.15) is 0 Å². The van der Waals surface area contributed by atoms with E-state index in [-0.39, 0.29) is 11.1 Å². The van der Waals surface area contributed by atoms with Gasteiger partial charge in [0.05, 0.1) is 11.9 Å². The third-order valence-electron chi connectivity index (χ3n) is 2.52. The maximum absolute atomic E-state index is 13.4. The van der Waals surface area contributed by atoms with Gasteiger partial charge in [-0.3, -0.25) is 0 Å². The predicted molar refractivity (Wildman–Crippen MR) is 56.1 cm³/mol. The highest BCUT2D eigenvalue weighted by Gasteiger charge is 2.26. The summed E-state index contributed by atoms with van der Waals surface area (Å²) in [5.74, 6) is 0.0865. The molecule has 0 aromatic carbocycles. The molecule has 0 atom stereocenters. The van der Waals surface area contributed by atoms with Gasteiger partial charge in [-0.1, -0.05) is 0 Å². The first kappa shape index (κ1) is 9.72. The van der Waals surface area contributed by atoms with E-state index in [9.17, 15) is 4.39 Å². The lowest BCUT2D eigenvalue weighted by Gasteiger charge is -2.01. The average molecular weight is 239 g/mol. The van der Waals surface area contributed by atoms with Crippen LogP contribution in [0.15, 0.2) is 18.5 Å². The Morgan fingerprint density at radius 2 is 2.25 bits per heavy atom. The highest BCUT2D eigenvalue weighted by atomic mass is 35.5. The molecule has 0 saturated heterocycles. The molecule has 82 valence electrons. The summed E-state index contributed by atoms with van der Waals surface area (Å²) in [5, 5.41) is 4.29. The molecule has 0 aliphatic heterocycles. The Labute approximate surface area is 96.1 Å². The highest BCUT2D eigenvalue weighted by molar-refractivity contribution is 6.28. The smallest absolute Gasteiger partial charge is 0.223 e. The molecule has 16 heavy (non-hydrogen) atoms. The second-order valence-electron chi connectivity index (χ2n) is 3.77. The third kappa shape index (κ3) is 1.67. The Hall–Kier alpha value is -1.49. The van der Waals surface area contributed by atoms with Crippen molar-refractivity contribution in [1.29, 1.82) is 0 Å². The molecule has 6 heteroatoms. The number of hydrogen-bond acceptors (Lipinski definition) is 3. The maximum Gasteiger partial charge on any atom is 0.224 e. The number of nitrogens with zero attached hydrogens (tertiary/aromatic N) is 4. The number of hydrogen-bond donors (Lipinski definition) is 0. The summed E-state index contributed by atoms with van der Waals surface area (Å²) in [7, 11) is 0. The van der Waals surface area contributed by atoms with Gasteiger partial charge in [0.25, 0.3) is 0 Å². The summed E-state index contributed by atoms with van der Waals surface area (Å²) in [6.45, 7) is 0. The fourth-order valence-electron chi connectivity index (χ4n) is 1.55. The van der Waals surface area contributed by atoms with Crippen molar-refractivity contribution in [3.8, 4) is 5.82 Å². The molecule has 2 aromatic heterocycles. The molecule has 0 spiro atoms. The van der Waals surface area contributed by atoms with Crippen LogP contribution in [-0.2, 0) is 0 Å². The summed E-state index contributed by atoms with van der Waals surface area (Å²) >= 11 is 5.62. The predicted octanol–water partition coefficient (Wildman–Crippen LogP) is 2.33. The largest absolute Gasteiger partial charge is 0.224 e. The maximum atomic E-state index is 13.4. The number of halogens is 2. The molecular formula is C10H8ClFN4. The third-order valence-corrected chi connectivity index (χ3v) is 2.70. The average Bonchev–Trinajstić information content (AvgIpc) is 3.01. The van der Waals surface area contributed by atoms with E-state index >= 15 is 0 Å². The van der Waals surface area contributed by atoms with Crippen LogP contribution in [0.4, 0.5) is 4.39 Å². The molecule has 0 radical (unpaired) electrons. The normalized spacial score (nSPS) is 15.4. The van der Waals surface area contributed by atoms with Gasteiger partial charge in [-0.05, 0) is 30.5 Å². The van der Waals surface area contributed by atoms with Gasteiger partial charge in [0.2, 0.25) is 5.28 Å². The van der Waals surface area contributed by atoms with Crippen molar-refractivity contribution in [1.82, 2.24) is 19.7 Å². The molecule has 2 heterocycles. The monoisotopic (exact) mass is 238 g/mol. The zero-order chi connectivity index (χ0) is 11.1. The zero-order valence-electron chi connectivity index (χ0n) is 8.27. The summed E-state index contributed by atoms with van der Waals surface area (Å²) in [4.78, 5) is 7.37. The van der Waals surface area contributed by atoms with Crippen LogP contribution in [-0.4, -0.2) is 19.7 Å². The minimum atomic E-state index is -0.533. The van der Waals surface area contributed by atoms with Crippen LogP contribution in [0.2, 0.25) is 5.28 Å². The molecule has 4 nitrogen and oxygen atoms in total. The van der Waals surface area contributed by atoms with Crippen LogP contribution < -0.4 is 0 Å². The minimum Gasteiger partial charge on any atom is -0.223 e. The Kier molecular flexibility index (Phi) is 2.14. The minimum absolute atomic E-state index is 0.0138. The molecule has 0 amide bonds. The van der Waals surface area contributed by atoms with Crippen LogP contribution >= 0.6 is 11.6 Å². The molecule has 0 bridgehead atoms. The highest BCUT2D eigenvalue weighted by Crippen LogP contribution is 2.39. The molecule has 1 aliphatic carbocycles. The summed E-state index contributed by atoms with van der Waals surface area (Å²) in [5.41, 5.74) is 0.981. The van der Waals surface area contributed by atoms with Crippen LogP contribution in [0.5, 0.6) is 0 Å². The van der Waals surface area contributed by atoms with Crippen LogP contribution in [0.3, 0.4) is 0 Å². The van der Waals surface area contributed by atoms with Gasteiger partial charge in [-0.15, -0.1) is 0 Å². The standard InChI is InChI=1S/C10H8ClFN4/c11-10-13-5-7(12)9(14-10)16-4-3-8(15-16)6-1-2-6/h3-6H,1-2H2. The van der Waals surface area contributed by atoms with Crippen molar-refractivity contribution >= 4 is 11.6 Å². The Bertz CT molecular complexity index is 535. The second-order valence-corrected chi connectivity index (χ2v) is 4.11. The van der Waals surface area contributed by atoms with Crippen molar-refractivity contribution in [2.24, 2.45) is 0 Å². The quantitative estimate of drug-likeness (QED) is 0.755. The SMILES string of the molecule is Fc1cnc(Cl)nc1-n1ccc(C2CC2)n1. The molecule has 1 fully saturated rings. The van der Waals surface area contributed by atoms with Gasteiger partial charge in [-0.2, -0.15) is 10.1 Å². The van der Waals surface area contributed by atoms with Gasteiger partial charge >= 0.3 is 0 Å². The van der Waals surface area contributed by atoms with Crippen LogP contribution in [0.25, 0.3) is 5.82 Å². The lowest BCUT2D eigenvalue weighted by atomic mass is 10.3. The summed E-state index contributed by atoms with van der Waals surface area (Å²) in [6, 6.07) is 1.88. The Morgan fingerprint density at radius 3 is 3.00 bits per heavy atom. The van der Waals surface area contributed by atoms with E-state index in [0.29, 0.717) is 5.92 Å². The first-order valence-corrected chi connectivity index (χ1v) is 5.36. The van der Waals surface area contributed by atoms with Gasteiger partial charge in [-0.25, -0.2) is 14.1 Å². The lowest BCUT2D eigenvalue weighted by Crippen LogP contribution is -2.03. The topological polar surface area (TPSA) is 43.6 Å². The van der Waals surface area contributed by atoms with E-state index in [2.05, 4.69) is 15.1 Å². The molecule has 0 N–H and O–H groups in total. The van der Waals surface area contributed by atoms with Crippen LogP contribution in [0, 0.1) is 5.82 Å². The van der Waals surface area contributed by atoms with Crippen molar-refractivity contribution in [2.75, 3.05) is 0 Å². The molecule has 2 aromatic rings. The van der Waals surface area contributed by atoms with E-state index in [0.717, 1.165) is 24.7 Å². The van der Waals surface area contributed by atoms with E-state index in [1.807, 2.05) is 6.07 Å². The first-order chi connectivity index (χ1) is 7.74. The van der Waals surface area contributed by atoms with Crippen LogP contribution in [0.1, 0.15) is 24.5 Å². The molecule has 3 rings (SSSR count). The molecule has 1 aliphatic rings. The summed E-state index contributed by atoms with van der Waals surface area (Å²) < 4.78 is 14.8. The van der Waals surface area contributed by atoms with E-state index in [1.165, 1.54) is 4.68 Å². The Balaban J connectivity index is 2.03. The van der Waals surface area contributed by atoms with Crippen molar-refractivity contribution in [2.45, 2.75) is 18.8 Å². The van der Waals surface area contributed by atoms with Crippen molar-refractivity contribution in [3.63, 3.8) is 0 Å². The second kappa shape index (κ2) is 3.52. The van der Waals surface area contributed by atoms with Crippen molar-refractivity contribution < 1.29 is 4.39 Å². The molecule has 1 saturated carbocycles. The zero-order valence-corrected chi connectivity index (χ0v) is 9.02. The lowest BCUT2D eigenvalue weighted by molar-refractivity contribution is 0.591. The molecular weight excluding hydrogens is 231 g/mol. The number of rotatable bonds is 2. The van der Waals surface area contributed by atoms with Gasteiger partial charge in [0, 0.05) is 12.1 Å². The first-order valence-electron chi connectivity index (χ1n) is 4.98. The molecule has 0 unspecified atom stereocenters. The fourth-order valence-corrected chi connectivity index (χ4v) is 1.68. The van der Waals surface area contributed by atoms with E-state index < -0.39 is 5.82 Å². The Morgan fingerprint density at radius 1 is 1.44 bits per heavy atom. The number of aromatic nitrogens is 4. The van der Waals surface area contributed by atoms with Crippen molar-refractivity contribution in [3.05, 3.63) is 35.3 Å². The van der Waals surface area contributed by atoms with E-state index in [1.54, 1.807) is 6.20 Å². The fraction of sp³-hybridized carbons (Fsp3) is 0.300. The van der Waals surface area contributed by atoms with Gasteiger partial charge < -0.3 is 0 Å². The summed E-state index contributed by atoms with van der Waals surface area (Å²) in [6.07, 6.45) is 5.05.